The summed E-state index contributed by atoms with van der Waals surface area (Å²) in [5, 5.41) is 8.55. The van der Waals surface area contributed by atoms with E-state index in [1.54, 1.807) is 13.2 Å². The molecule has 1 unspecified atom stereocenters. The molecule has 5 nitrogen and oxygen atoms in total. The van der Waals surface area contributed by atoms with Gasteiger partial charge in [0.25, 0.3) is 0 Å². The van der Waals surface area contributed by atoms with Gasteiger partial charge in [-0.25, -0.2) is 4.79 Å². The Morgan fingerprint density at radius 2 is 2.14 bits per heavy atom. The lowest BCUT2D eigenvalue weighted by atomic mass is 10.1. The summed E-state index contributed by atoms with van der Waals surface area (Å²) in [4.78, 5) is 12.4. The summed E-state index contributed by atoms with van der Waals surface area (Å²) in [7, 11) is 3.51. The van der Waals surface area contributed by atoms with Crippen LogP contribution >= 0.6 is 0 Å². The van der Waals surface area contributed by atoms with Crippen LogP contribution in [0.2, 0.25) is 0 Å². The van der Waals surface area contributed by atoms with Gasteiger partial charge in [0.15, 0.2) is 0 Å². The number of hydrogen-bond donors (Lipinski definition) is 1. The van der Waals surface area contributed by atoms with Crippen LogP contribution < -0.4 is 4.74 Å². The summed E-state index contributed by atoms with van der Waals surface area (Å²) in [6, 6.07) is 7.68. The summed E-state index contributed by atoms with van der Waals surface area (Å²) in [6.45, 7) is 4.90. The monoisotopic (exact) mass is 303 g/mol. The molecule has 1 atom stereocenters. The molecule has 0 aliphatic rings. The summed E-state index contributed by atoms with van der Waals surface area (Å²) >= 11 is 0. The van der Waals surface area contributed by atoms with Gasteiger partial charge in [0.1, 0.15) is 12.4 Å². The normalized spacial score (nSPS) is 11.4. The predicted molar refractivity (Wildman–Crippen MR) is 84.8 cm³/mol. The van der Waals surface area contributed by atoms with E-state index in [2.05, 4.69) is 18.4 Å². The fraction of sp³-hybridized carbons (Fsp3) is 0.353. The van der Waals surface area contributed by atoms with Gasteiger partial charge in [0.05, 0.1) is 19.2 Å². The van der Waals surface area contributed by atoms with Gasteiger partial charge in [0.2, 0.25) is 0 Å². The molecule has 0 amide bonds. The zero-order valence-electron chi connectivity index (χ0n) is 12.9. The van der Waals surface area contributed by atoms with Gasteiger partial charge in [-0.1, -0.05) is 30.7 Å². The Hall–Kier alpha value is -2.29. The van der Waals surface area contributed by atoms with Crippen LogP contribution in [0.1, 0.15) is 11.6 Å². The van der Waals surface area contributed by atoms with Crippen molar-refractivity contribution in [3.63, 3.8) is 0 Å². The van der Waals surface area contributed by atoms with Gasteiger partial charge in [0, 0.05) is 13.0 Å². The first-order valence-electron chi connectivity index (χ1n) is 6.83. The van der Waals surface area contributed by atoms with Gasteiger partial charge in [-0.3, -0.25) is 4.90 Å². The second-order valence-corrected chi connectivity index (χ2v) is 4.66. The number of ether oxygens (including phenoxy) is 2. The zero-order valence-corrected chi connectivity index (χ0v) is 12.9. The van der Waals surface area contributed by atoms with Crippen molar-refractivity contribution in [1.82, 2.24) is 4.90 Å². The molecule has 0 aromatic heterocycles. The van der Waals surface area contributed by atoms with Crippen LogP contribution in [0.15, 0.2) is 36.9 Å². The Kier molecular flexibility index (Phi) is 7.76. The highest BCUT2D eigenvalue weighted by Crippen LogP contribution is 2.22. The molecular weight excluding hydrogens is 282 g/mol. The van der Waals surface area contributed by atoms with E-state index in [1.807, 2.05) is 36.2 Å². The van der Waals surface area contributed by atoms with E-state index < -0.39 is 5.97 Å². The Morgan fingerprint density at radius 3 is 2.68 bits per heavy atom. The predicted octanol–water partition coefficient (Wildman–Crippen LogP) is 1.96. The second kappa shape index (κ2) is 9.61. The highest BCUT2D eigenvalue weighted by molar-refractivity contribution is 5.86. The van der Waals surface area contributed by atoms with Crippen molar-refractivity contribution < 1.29 is 19.4 Å². The third kappa shape index (κ3) is 6.00. The van der Waals surface area contributed by atoms with Crippen molar-refractivity contribution in [2.45, 2.75) is 6.04 Å². The molecule has 0 saturated heterocycles. The fourth-order valence-electron chi connectivity index (χ4n) is 1.93. The molecular formula is C17H21NO4. The van der Waals surface area contributed by atoms with Crippen LogP contribution in [0.3, 0.4) is 0 Å². The molecule has 0 bridgehead atoms. The Morgan fingerprint density at radius 1 is 1.45 bits per heavy atom. The van der Waals surface area contributed by atoms with Crippen molar-refractivity contribution in [3.8, 4) is 17.6 Å². The average molecular weight is 303 g/mol. The number of carboxylic acids is 1. The largest absolute Gasteiger partial charge is 0.490 e. The minimum Gasteiger partial charge on any atom is -0.490 e. The highest BCUT2D eigenvalue weighted by atomic mass is 16.5. The maximum Gasteiger partial charge on any atom is 0.381 e. The van der Waals surface area contributed by atoms with Gasteiger partial charge in [-0.2, -0.15) is 0 Å². The number of carboxylic acid groups (broad SMARTS) is 1. The molecule has 0 heterocycles. The number of aliphatic carboxylic acids is 1. The number of carbonyl (C=O) groups is 1. The molecule has 1 aromatic rings. The number of nitrogens with zero attached hydrogens (tertiary/aromatic N) is 1. The summed E-state index contributed by atoms with van der Waals surface area (Å²) in [6.07, 6.45) is 1.69. The topological polar surface area (TPSA) is 59.0 Å². The quantitative estimate of drug-likeness (QED) is 0.587. The fourth-order valence-corrected chi connectivity index (χ4v) is 1.93. The molecule has 0 spiro atoms. The van der Waals surface area contributed by atoms with Crippen LogP contribution in [-0.2, 0) is 9.53 Å². The molecule has 1 rings (SSSR count). The standard InChI is InChI=1S/C17H21NO4/c1-4-12-22-15-9-7-14(8-10-15)16(13-21-3)18(2)11-5-6-17(19)20/h4,7-10,16H,1,11-13H2,2-3H3,(H,19,20). The summed E-state index contributed by atoms with van der Waals surface area (Å²) in [5.41, 5.74) is 1.05. The molecule has 0 saturated carbocycles. The molecule has 5 heteroatoms. The first-order valence-corrected chi connectivity index (χ1v) is 6.83. The molecule has 0 radical (unpaired) electrons. The van der Waals surface area contributed by atoms with Gasteiger partial charge in [-0.05, 0) is 24.7 Å². The van der Waals surface area contributed by atoms with E-state index in [4.69, 9.17) is 14.6 Å². The van der Waals surface area contributed by atoms with Crippen molar-refractivity contribution in [2.75, 3.05) is 33.9 Å². The number of benzene rings is 1. The van der Waals surface area contributed by atoms with Crippen LogP contribution in [-0.4, -0.2) is 49.9 Å². The van der Waals surface area contributed by atoms with E-state index in [1.165, 1.54) is 0 Å². The smallest absolute Gasteiger partial charge is 0.381 e. The molecule has 22 heavy (non-hydrogen) atoms. The molecule has 0 fully saturated rings. The molecule has 0 aliphatic heterocycles. The second-order valence-electron chi connectivity index (χ2n) is 4.66. The van der Waals surface area contributed by atoms with Crippen LogP contribution in [0.5, 0.6) is 5.75 Å². The van der Waals surface area contributed by atoms with E-state index in [-0.39, 0.29) is 6.04 Å². The molecule has 1 aromatic carbocycles. The number of hydrogen-bond acceptors (Lipinski definition) is 4. The van der Waals surface area contributed by atoms with Crippen molar-refractivity contribution in [3.05, 3.63) is 42.5 Å². The average Bonchev–Trinajstić information content (AvgIpc) is 2.50. The van der Waals surface area contributed by atoms with Gasteiger partial charge >= 0.3 is 5.97 Å². The van der Waals surface area contributed by atoms with Crippen molar-refractivity contribution >= 4 is 5.97 Å². The Balaban J connectivity index is 2.79. The van der Waals surface area contributed by atoms with Crippen molar-refractivity contribution in [2.24, 2.45) is 0 Å². The van der Waals surface area contributed by atoms with Gasteiger partial charge < -0.3 is 14.6 Å². The number of likely N-dealkylation sites (N-methyl/N-ethyl adjacent to an activating group) is 1. The van der Waals surface area contributed by atoms with Gasteiger partial charge in [-0.15, -0.1) is 0 Å². The van der Waals surface area contributed by atoms with E-state index in [9.17, 15) is 4.79 Å². The van der Waals surface area contributed by atoms with Crippen molar-refractivity contribution in [1.29, 1.82) is 0 Å². The van der Waals surface area contributed by atoms with E-state index in [0.29, 0.717) is 19.8 Å². The molecule has 0 aliphatic carbocycles. The SMILES string of the molecule is C=CCOc1ccc(C(COC)N(C)CC#CC(=O)O)cc1. The third-order valence-corrected chi connectivity index (χ3v) is 3.01. The highest BCUT2D eigenvalue weighted by Gasteiger charge is 2.16. The first-order chi connectivity index (χ1) is 10.6. The van der Waals surface area contributed by atoms with Crippen LogP contribution in [0.25, 0.3) is 0 Å². The first kappa shape index (κ1) is 17.8. The van der Waals surface area contributed by atoms with Crippen LogP contribution in [0.4, 0.5) is 0 Å². The zero-order chi connectivity index (χ0) is 16.4. The lowest BCUT2D eigenvalue weighted by Crippen LogP contribution is -2.28. The maximum atomic E-state index is 10.4. The lowest BCUT2D eigenvalue weighted by Gasteiger charge is -2.26. The van der Waals surface area contributed by atoms with E-state index in [0.717, 1.165) is 11.3 Å². The number of rotatable bonds is 8. The maximum absolute atomic E-state index is 10.4. The minimum atomic E-state index is -1.12. The van der Waals surface area contributed by atoms with E-state index >= 15 is 0 Å². The molecule has 118 valence electrons. The lowest BCUT2D eigenvalue weighted by molar-refractivity contribution is -0.130. The summed E-state index contributed by atoms with van der Waals surface area (Å²) in [5.74, 6) is 4.38. The molecule has 1 N–H and O–H groups in total. The summed E-state index contributed by atoms with van der Waals surface area (Å²) < 4.78 is 10.7. The third-order valence-electron chi connectivity index (χ3n) is 3.01. The van der Waals surface area contributed by atoms with Crippen LogP contribution in [0, 0.1) is 11.8 Å². The minimum absolute atomic E-state index is 0.0125. The number of methoxy groups -OCH3 is 1. The Bertz CT molecular complexity index is 542. The Labute approximate surface area is 131 Å².